The standard InChI is InChI=1S/C7H14BN3O2/c1-6(2)4-11-7(3-8(12)13)9-5-10-11/h5-6,12-13H,3-4H2,1-2H3. The second-order valence-electron chi connectivity index (χ2n) is 3.44. The Kier molecular flexibility index (Phi) is 3.44. The van der Waals surface area contributed by atoms with Gasteiger partial charge in [0.2, 0.25) is 0 Å². The van der Waals surface area contributed by atoms with Crippen LogP contribution < -0.4 is 0 Å². The number of aromatic nitrogens is 3. The zero-order valence-electron chi connectivity index (χ0n) is 7.88. The Hall–Kier alpha value is -0.875. The van der Waals surface area contributed by atoms with Gasteiger partial charge >= 0.3 is 7.12 Å². The normalized spacial score (nSPS) is 10.8. The Labute approximate surface area is 77.6 Å². The van der Waals surface area contributed by atoms with Crippen LogP contribution in [0.3, 0.4) is 0 Å². The third-order valence-electron chi connectivity index (χ3n) is 1.60. The van der Waals surface area contributed by atoms with Gasteiger partial charge in [-0.05, 0) is 5.92 Å². The lowest BCUT2D eigenvalue weighted by atomic mass is 9.86. The van der Waals surface area contributed by atoms with E-state index in [9.17, 15) is 0 Å². The molecule has 5 nitrogen and oxygen atoms in total. The average molecular weight is 183 g/mol. The van der Waals surface area contributed by atoms with Gasteiger partial charge in [0.25, 0.3) is 0 Å². The largest absolute Gasteiger partial charge is 0.459 e. The molecule has 1 heterocycles. The lowest BCUT2D eigenvalue weighted by molar-refractivity contribution is 0.397. The third kappa shape index (κ3) is 3.16. The van der Waals surface area contributed by atoms with E-state index < -0.39 is 7.12 Å². The second-order valence-corrected chi connectivity index (χ2v) is 3.44. The summed E-state index contributed by atoms with van der Waals surface area (Å²) in [6.07, 6.45) is 1.56. The lowest BCUT2D eigenvalue weighted by Gasteiger charge is -2.07. The van der Waals surface area contributed by atoms with Crippen molar-refractivity contribution in [2.75, 3.05) is 0 Å². The van der Waals surface area contributed by atoms with Crippen LogP contribution in [0.4, 0.5) is 0 Å². The molecular formula is C7H14BN3O2. The van der Waals surface area contributed by atoms with Crippen LogP contribution in [0.15, 0.2) is 6.33 Å². The molecule has 0 amide bonds. The van der Waals surface area contributed by atoms with E-state index in [1.54, 1.807) is 4.68 Å². The fourth-order valence-electron chi connectivity index (χ4n) is 1.11. The van der Waals surface area contributed by atoms with Gasteiger partial charge in [0.15, 0.2) is 0 Å². The van der Waals surface area contributed by atoms with Crippen LogP contribution in [-0.4, -0.2) is 31.9 Å². The van der Waals surface area contributed by atoms with E-state index in [1.807, 2.05) is 0 Å². The zero-order valence-corrected chi connectivity index (χ0v) is 7.88. The minimum Gasteiger partial charge on any atom is -0.427 e. The van der Waals surface area contributed by atoms with Crippen LogP contribution >= 0.6 is 0 Å². The molecule has 0 bridgehead atoms. The molecule has 0 atom stereocenters. The Morgan fingerprint density at radius 2 is 2.23 bits per heavy atom. The average Bonchev–Trinajstić information content (AvgIpc) is 2.34. The van der Waals surface area contributed by atoms with Crippen molar-refractivity contribution in [1.82, 2.24) is 14.8 Å². The van der Waals surface area contributed by atoms with Crippen molar-refractivity contribution in [2.24, 2.45) is 5.92 Å². The fraction of sp³-hybridized carbons (Fsp3) is 0.714. The minimum atomic E-state index is -1.35. The van der Waals surface area contributed by atoms with Gasteiger partial charge in [-0.3, -0.25) is 4.68 Å². The monoisotopic (exact) mass is 183 g/mol. The van der Waals surface area contributed by atoms with E-state index >= 15 is 0 Å². The molecular weight excluding hydrogens is 169 g/mol. The fourth-order valence-corrected chi connectivity index (χ4v) is 1.11. The van der Waals surface area contributed by atoms with E-state index in [0.717, 1.165) is 6.54 Å². The van der Waals surface area contributed by atoms with Gasteiger partial charge in [-0.15, -0.1) is 0 Å². The minimum absolute atomic E-state index is 0.132. The first-order valence-corrected chi connectivity index (χ1v) is 4.32. The van der Waals surface area contributed by atoms with Crippen LogP contribution in [0, 0.1) is 5.92 Å². The first kappa shape index (κ1) is 10.2. The molecule has 13 heavy (non-hydrogen) atoms. The maximum Gasteiger partial charge on any atom is 0.459 e. The van der Waals surface area contributed by atoms with Gasteiger partial charge in [-0.1, -0.05) is 13.8 Å². The number of nitrogens with zero attached hydrogens (tertiary/aromatic N) is 3. The Bertz CT molecular complexity index is 237. The Morgan fingerprint density at radius 1 is 1.54 bits per heavy atom. The van der Waals surface area contributed by atoms with Gasteiger partial charge in [0.05, 0.1) is 0 Å². The molecule has 1 aromatic heterocycles. The van der Waals surface area contributed by atoms with Crippen molar-refractivity contribution in [3.63, 3.8) is 0 Å². The van der Waals surface area contributed by atoms with Crippen molar-refractivity contribution in [3.8, 4) is 0 Å². The molecule has 1 rings (SSSR count). The van der Waals surface area contributed by atoms with Gasteiger partial charge in [0.1, 0.15) is 12.2 Å². The molecule has 0 fully saturated rings. The molecule has 0 radical (unpaired) electrons. The summed E-state index contributed by atoms with van der Waals surface area (Å²) in [7, 11) is -1.35. The molecule has 0 aliphatic heterocycles. The van der Waals surface area contributed by atoms with Crippen molar-refractivity contribution >= 4 is 7.12 Å². The molecule has 0 aliphatic rings. The number of rotatable bonds is 4. The van der Waals surface area contributed by atoms with Crippen molar-refractivity contribution < 1.29 is 10.0 Å². The molecule has 2 N–H and O–H groups in total. The van der Waals surface area contributed by atoms with E-state index in [4.69, 9.17) is 10.0 Å². The summed E-state index contributed by atoms with van der Waals surface area (Å²) in [5.41, 5.74) is 0. The smallest absolute Gasteiger partial charge is 0.427 e. The first-order valence-electron chi connectivity index (χ1n) is 4.32. The SMILES string of the molecule is CC(C)Cn1ncnc1CB(O)O. The van der Waals surface area contributed by atoms with Crippen molar-refractivity contribution in [3.05, 3.63) is 12.2 Å². The van der Waals surface area contributed by atoms with E-state index in [2.05, 4.69) is 23.9 Å². The quantitative estimate of drug-likeness (QED) is 0.616. The van der Waals surface area contributed by atoms with Crippen LogP contribution in [0.1, 0.15) is 19.7 Å². The Morgan fingerprint density at radius 3 is 2.77 bits per heavy atom. The summed E-state index contributed by atoms with van der Waals surface area (Å²) in [6.45, 7) is 4.89. The summed E-state index contributed by atoms with van der Waals surface area (Å²) >= 11 is 0. The first-order chi connectivity index (χ1) is 6.09. The molecule has 0 unspecified atom stereocenters. The molecule has 6 heteroatoms. The topological polar surface area (TPSA) is 71.2 Å². The van der Waals surface area contributed by atoms with Crippen LogP contribution in [0.25, 0.3) is 0 Å². The molecule has 0 aromatic carbocycles. The maximum atomic E-state index is 8.76. The molecule has 0 saturated carbocycles. The van der Waals surface area contributed by atoms with Crippen LogP contribution in [-0.2, 0) is 12.9 Å². The highest BCUT2D eigenvalue weighted by molar-refractivity contribution is 6.40. The molecule has 72 valence electrons. The summed E-state index contributed by atoms with van der Waals surface area (Å²) < 4.78 is 1.70. The molecule has 1 aromatic rings. The Balaban J connectivity index is 2.65. The predicted molar refractivity (Wildman–Crippen MR) is 48.8 cm³/mol. The van der Waals surface area contributed by atoms with Crippen molar-refractivity contribution in [1.29, 1.82) is 0 Å². The van der Waals surface area contributed by atoms with Crippen LogP contribution in [0.5, 0.6) is 0 Å². The summed E-state index contributed by atoms with van der Waals surface area (Å²) in [5.74, 6) is 1.08. The highest BCUT2D eigenvalue weighted by Gasteiger charge is 2.13. The van der Waals surface area contributed by atoms with Gasteiger partial charge in [-0.2, -0.15) is 5.10 Å². The van der Waals surface area contributed by atoms with Crippen molar-refractivity contribution in [2.45, 2.75) is 26.7 Å². The maximum absolute atomic E-state index is 8.76. The number of hydrogen-bond donors (Lipinski definition) is 2. The molecule has 0 saturated heterocycles. The van der Waals surface area contributed by atoms with Gasteiger partial charge in [-0.25, -0.2) is 4.98 Å². The van der Waals surface area contributed by atoms with E-state index in [-0.39, 0.29) is 6.32 Å². The summed E-state index contributed by atoms with van der Waals surface area (Å²) in [4.78, 5) is 3.94. The lowest BCUT2D eigenvalue weighted by Crippen LogP contribution is -2.20. The summed E-state index contributed by atoms with van der Waals surface area (Å²) in [6, 6.07) is 0. The number of hydrogen-bond acceptors (Lipinski definition) is 4. The third-order valence-corrected chi connectivity index (χ3v) is 1.60. The highest BCUT2D eigenvalue weighted by Crippen LogP contribution is 2.01. The van der Waals surface area contributed by atoms with Crippen LogP contribution in [0.2, 0.25) is 0 Å². The molecule has 0 spiro atoms. The predicted octanol–water partition coefficient (Wildman–Crippen LogP) is -0.511. The van der Waals surface area contributed by atoms with Gasteiger partial charge < -0.3 is 10.0 Å². The van der Waals surface area contributed by atoms with E-state index in [1.165, 1.54) is 6.33 Å². The molecule has 0 aliphatic carbocycles. The van der Waals surface area contributed by atoms with E-state index in [0.29, 0.717) is 11.7 Å². The van der Waals surface area contributed by atoms with Gasteiger partial charge in [0, 0.05) is 12.9 Å². The zero-order chi connectivity index (χ0) is 9.84. The highest BCUT2D eigenvalue weighted by atomic mass is 16.4. The second kappa shape index (κ2) is 4.39. The summed E-state index contributed by atoms with van der Waals surface area (Å²) in [5, 5.41) is 21.5.